The van der Waals surface area contributed by atoms with Crippen LogP contribution in [0.4, 0.5) is 5.69 Å². The first-order chi connectivity index (χ1) is 17.8. The van der Waals surface area contributed by atoms with Crippen LogP contribution in [-0.4, -0.2) is 42.5 Å². The third-order valence-electron chi connectivity index (χ3n) is 7.23. The van der Waals surface area contributed by atoms with Crippen LogP contribution in [0.15, 0.2) is 60.7 Å². The molecule has 0 radical (unpaired) electrons. The lowest BCUT2D eigenvalue weighted by Crippen LogP contribution is -2.54. The number of fused-ring (bicyclic) bond motifs is 2. The minimum atomic E-state index is -1.46. The van der Waals surface area contributed by atoms with Crippen molar-refractivity contribution in [2.45, 2.75) is 24.1 Å². The van der Waals surface area contributed by atoms with Crippen LogP contribution in [0.1, 0.15) is 28.2 Å². The molecule has 0 unspecified atom stereocenters. The molecule has 10 heteroatoms. The summed E-state index contributed by atoms with van der Waals surface area (Å²) in [6, 6.07) is 18.3. The number of hydrogen-bond acceptors (Lipinski definition) is 7. The molecule has 3 aromatic rings. The topological polar surface area (TPSA) is 118 Å². The van der Waals surface area contributed by atoms with Gasteiger partial charge in [-0.2, -0.15) is 5.26 Å². The van der Waals surface area contributed by atoms with Crippen molar-refractivity contribution < 1.29 is 19.2 Å². The molecular weight excluding hydrogens is 496 g/mol. The Bertz CT molecular complexity index is 1450. The lowest BCUT2D eigenvalue weighted by molar-refractivity contribution is -0.534. The summed E-state index contributed by atoms with van der Waals surface area (Å²) in [4.78, 5) is 27.3. The fourth-order valence-corrected chi connectivity index (χ4v) is 5.85. The molecule has 2 heterocycles. The molecular formula is C27H23ClN4O5. The number of carbonyl (C=O) groups excluding carboxylic acids is 1. The van der Waals surface area contributed by atoms with Crippen LogP contribution in [-0.2, 0) is 16.9 Å². The van der Waals surface area contributed by atoms with Crippen molar-refractivity contribution in [2.75, 3.05) is 26.0 Å². The molecule has 0 bridgehead atoms. The molecule has 5 rings (SSSR count). The number of nitrogens with zero attached hydrogens (tertiary/aromatic N) is 3. The van der Waals surface area contributed by atoms with Gasteiger partial charge >= 0.3 is 0 Å². The van der Waals surface area contributed by atoms with Crippen molar-refractivity contribution in [3.63, 3.8) is 0 Å². The Morgan fingerprint density at radius 2 is 1.97 bits per heavy atom. The van der Waals surface area contributed by atoms with Crippen LogP contribution < -0.4 is 14.8 Å². The monoisotopic (exact) mass is 518 g/mol. The fourth-order valence-electron chi connectivity index (χ4n) is 5.58. The van der Waals surface area contributed by atoms with Gasteiger partial charge in [0, 0.05) is 28.3 Å². The van der Waals surface area contributed by atoms with E-state index < -0.39 is 23.4 Å². The van der Waals surface area contributed by atoms with Gasteiger partial charge in [0.05, 0.1) is 29.7 Å². The summed E-state index contributed by atoms with van der Waals surface area (Å²) in [6.45, 7) is 0.339. The molecule has 2 aliphatic rings. The second-order valence-electron chi connectivity index (χ2n) is 9.08. The van der Waals surface area contributed by atoms with Gasteiger partial charge in [0.15, 0.2) is 17.0 Å². The van der Waals surface area contributed by atoms with Gasteiger partial charge in [0.2, 0.25) is 0 Å². The van der Waals surface area contributed by atoms with Gasteiger partial charge in [-0.25, -0.2) is 0 Å². The smallest absolute Gasteiger partial charge is 0.256 e. The van der Waals surface area contributed by atoms with Crippen molar-refractivity contribution in [1.82, 2.24) is 4.90 Å². The summed E-state index contributed by atoms with van der Waals surface area (Å²) in [5, 5.41) is 24.9. The number of halogens is 1. The molecule has 37 heavy (non-hydrogen) atoms. The Balaban J connectivity index is 1.53. The van der Waals surface area contributed by atoms with Gasteiger partial charge in [-0.15, -0.1) is 0 Å². The zero-order chi connectivity index (χ0) is 26.3. The number of anilines is 1. The minimum Gasteiger partial charge on any atom is -0.493 e. The zero-order valence-corrected chi connectivity index (χ0v) is 20.9. The van der Waals surface area contributed by atoms with Crippen molar-refractivity contribution in [1.29, 1.82) is 5.26 Å². The van der Waals surface area contributed by atoms with Crippen molar-refractivity contribution in [3.05, 3.63) is 98.1 Å². The first-order valence-corrected chi connectivity index (χ1v) is 11.9. The number of likely N-dealkylation sites (N-methyl/N-ethyl adjacent to an activating group) is 1. The zero-order valence-electron chi connectivity index (χ0n) is 20.1. The number of hydrogen-bond donors (Lipinski definition) is 1. The maximum absolute atomic E-state index is 13.3. The number of methoxy groups -OCH3 is 1. The van der Waals surface area contributed by atoms with E-state index in [1.807, 2.05) is 6.07 Å². The quantitative estimate of drug-likeness (QED) is 0.381. The highest BCUT2D eigenvalue weighted by Crippen LogP contribution is 2.53. The van der Waals surface area contributed by atoms with Crippen LogP contribution in [0, 0.1) is 21.4 Å². The van der Waals surface area contributed by atoms with Gasteiger partial charge in [0.25, 0.3) is 11.9 Å². The van der Waals surface area contributed by atoms with E-state index in [1.54, 1.807) is 66.5 Å². The Morgan fingerprint density at radius 1 is 1.24 bits per heavy atom. The van der Waals surface area contributed by atoms with Gasteiger partial charge in [0.1, 0.15) is 6.61 Å². The van der Waals surface area contributed by atoms with Gasteiger partial charge in [-0.05, 0) is 36.9 Å². The van der Waals surface area contributed by atoms with Crippen LogP contribution in [0.5, 0.6) is 11.5 Å². The van der Waals surface area contributed by atoms with Crippen LogP contribution in [0.25, 0.3) is 0 Å². The van der Waals surface area contributed by atoms with E-state index in [9.17, 15) is 20.2 Å². The number of carbonyl (C=O) groups is 1. The molecule has 1 fully saturated rings. The predicted octanol–water partition coefficient (Wildman–Crippen LogP) is 4.32. The van der Waals surface area contributed by atoms with E-state index in [-0.39, 0.29) is 28.8 Å². The molecule has 1 spiro atoms. The third-order valence-corrected chi connectivity index (χ3v) is 7.51. The number of nitro groups is 1. The summed E-state index contributed by atoms with van der Waals surface area (Å²) >= 11 is 6.62. The summed E-state index contributed by atoms with van der Waals surface area (Å²) in [6.07, 6.45) is 0. The lowest BCUT2D eigenvalue weighted by atomic mass is 9.79. The molecule has 3 atom stereocenters. The molecule has 0 aliphatic carbocycles. The van der Waals surface area contributed by atoms with Gasteiger partial charge in [-0.1, -0.05) is 48.0 Å². The molecule has 1 amide bonds. The second-order valence-corrected chi connectivity index (χ2v) is 9.48. The van der Waals surface area contributed by atoms with Gasteiger partial charge < -0.3 is 14.8 Å². The number of para-hydroxylation sites is 1. The number of ether oxygens (including phenoxy) is 2. The SMILES string of the molecule is COc1cc([C@@H]2CN(C)[C@]3(C(=O)Nc4ccccc43)[C@H]2[N+](=O)[O-])cc(Cl)c1OCc1ccccc1C#N. The number of rotatable bonds is 6. The van der Waals surface area contributed by atoms with Crippen LogP contribution in [0.3, 0.4) is 0 Å². The number of amides is 1. The van der Waals surface area contributed by atoms with Crippen molar-refractivity contribution in [2.24, 2.45) is 0 Å². The van der Waals surface area contributed by atoms with E-state index in [0.29, 0.717) is 33.7 Å². The molecule has 9 nitrogen and oxygen atoms in total. The van der Waals surface area contributed by atoms with Crippen LogP contribution in [0.2, 0.25) is 5.02 Å². The Morgan fingerprint density at radius 3 is 2.70 bits per heavy atom. The van der Waals surface area contributed by atoms with Gasteiger partial charge in [-0.3, -0.25) is 19.8 Å². The normalized spacial score (nSPS) is 22.4. The first kappa shape index (κ1) is 24.6. The predicted molar refractivity (Wildman–Crippen MR) is 136 cm³/mol. The largest absolute Gasteiger partial charge is 0.493 e. The molecule has 3 aromatic carbocycles. The number of likely N-dealkylation sites (tertiary alicyclic amines) is 1. The van der Waals surface area contributed by atoms with E-state index in [4.69, 9.17) is 21.1 Å². The highest BCUT2D eigenvalue weighted by atomic mass is 35.5. The van der Waals surface area contributed by atoms with E-state index >= 15 is 0 Å². The standard InChI is InChI=1S/C27H23ClN4O5/c1-31-14-19(25(32(34)35)27(31)20-9-5-6-10-22(20)30-26(27)33)18-11-21(28)24(23(12-18)36-2)37-15-17-8-4-3-7-16(17)13-29/h3-12,19,25H,14-15H2,1-2H3,(H,30,33)/t19-,25-,27-/m0/s1. The van der Waals surface area contributed by atoms with E-state index in [2.05, 4.69) is 11.4 Å². The summed E-state index contributed by atoms with van der Waals surface area (Å²) in [7, 11) is 3.18. The average Bonchev–Trinajstić information content (AvgIpc) is 3.37. The van der Waals surface area contributed by atoms with E-state index in [1.165, 1.54) is 7.11 Å². The first-order valence-electron chi connectivity index (χ1n) is 11.6. The van der Waals surface area contributed by atoms with Crippen LogP contribution >= 0.6 is 11.6 Å². The Labute approximate surface area is 218 Å². The molecule has 1 N–H and O–H groups in total. The second kappa shape index (κ2) is 9.39. The number of nitrogens with one attached hydrogen (secondary N) is 1. The minimum absolute atomic E-state index is 0.0862. The molecule has 1 saturated heterocycles. The number of nitriles is 1. The van der Waals surface area contributed by atoms with Crippen molar-refractivity contribution >= 4 is 23.2 Å². The molecule has 0 aromatic heterocycles. The van der Waals surface area contributed by atoms with E-state index in [0.717, 1.165) is 0 Å². The maximum atomic E-state index is 13.3. The molecule has 188 valence electrons. The highest BCUT2D eigenvalue weighted by molar-refractivity contribution is 6.32. The highest BCUT2D eigenvalue weighted by Gasteiger charge is 2.68. The maximum Gasteiger partial charge on any atom is 0.256 e. The molecule has 2 aliphatic heterocycles. The lowest BCUT2D eigenvalue weighted by Gasteiger charge is -2.30. The third kappa shape index (κ3) is 3.77. The summed E-state index contributed by atoms with van der Waals surface area (Å²) in [5.41, 5.74) is 1.43. The average molecular weight is 519 g/mol. The summed E-state index contributed by atoms with van der Waals surface area (Å²) in [5.74, 6) is -0.506. The Kier molecular flexibility index (Phi) is 6.23. The molecule has 0 saturated carbocycles. The van der Waals surface area contributed by atoms with Crippen molar-refractivity contribution in [3.8, 4) is 17.6 Å². The number of benzene rings is 3. The summed E-state index contributed by atoms with van der Waals surface area (Å²) < 4.78 is 11.5. The Hall–Kier alpha value is -4.13. The fraction of sp³-hybridized carbons (Fsp3) is 0.259.